The molecule has 6 heteroatoms. The molecule has 0 atom stereocenters. The van der Waals surface area contributed by atoms with Crippen LogP contribution in [0.5, 0.6) is 11.5 Å². The smallest absolute Gasteiger partial charge is 0.310 e. The van der Waals surface area contributed by atoms with E-state index < -0.39 is 11.4 Å². The molecule has 1 aliphatic rings. The number of amides is 1. The van der Waals surface area contributed by atoms with Crippen molar-refractivity contribution in [1.29, 1.82) is 0 Å². The molecular weight excluding hydrogens is 286 g/mol. The predicted molar refractivity (Wildman–Crippen MR) is 80.9 cm³/mol. The summed E-state index contributed by atoms with van der Waals surface area (Å²) in [5.41, 5.74) is 0.183. The molecule has 1 aromatic carbocycles. The average molecular weight is 305 g/mol. The fourth-order valence-corrected chi connectivity index (χ4v) is 1.96. The van der Waals surface area contributed by atoms with Crippen LogP contribution >= 0.6 is 0 Å². The quantitative estimate of drug-likeness (QED) is 0.865. The summed E-state index contributed by atoms with van der Waals surface area (Å²) >= 11 is 0. The van der Waals surface area contributed by atoms with Crippen molar-refractivity contribution in [3.8, 4) is 11.5 Å². The molecular formula is C16H19NO5. The summed E-state index contributed by atoms with van der Waals surface area (Å²) in [6.45, 7) is 3.28. The predicted octanol–water partition coefficient (Wildman–Crippen LogP) is 1.70. The molecule has 0 spiro atoms. The largest absolute Gasteiger partial charge is 0.493 e. The summed E-state index contributed by atoms with van der Waals surface area (Å²) in [7, 11) is 1.55. The fraction of sp³-hybridized carbons (Fsp3) is 0.375. The van der Waals surface area contributed by atoms with E-state index >= 15 is 0 Å². The lowest BCUT2D eigenvalue weighted by Gasteiger charge is -2.22. The van der Waals surface area contributed by atoms with Gasteiger partial charge in [0.05, 0.1) is 18.1 Å². The summed E-state index contributed by atoms with van der Waals surface area (Å²) < 4.78 is 10.8. The normalized spacial score (nSPS) is 13.5. The van der Waals surface area contributed by atoms with Crippen LogP contribution in [0.3, 0.4) is 0 Å². The van der Waals surface area contributed by atoms with Gasteiger partial charge < -0.3 is 19.9 Å². The van der Waals surface area contributed by atoms with Gasteiger partial charge in [0, 0.05) is 12.1 Å². The van der Waals surface area contributed by atoms with Crippen LogP contribution in [0, 0.1) is 5.41 Å². The van der Waals surface area contributed by atoms with Gasteiger partial charge in [-0.3, -0.25) is 9.59 Å². The Kier molecular flexibility index (Phi) is 4.40. The summed E-state index contributed by atoms with van der Waals surface area (Å²) in [5.74, 6) is -0.0767. The highest BCUT2D eigenvalue weighted by Gasteiger charge is 2.28. The van der Waals surface area contributed by atoms with E-state index in [9.17, 15) is 9.59 Å². The van der Waals surface area contributed by atoms with Crippen LogP contribution in [0.15, 0.2) is 23.8 Å². The van der Waals surface area contributed by atoms with Crippen molar-refractivity contribution in [3.63, 3.8) is 0 Å². The summed E-state index contributed by atoms with van der Waals surface area (Å²) in [5, 5.41) is 11.7. The highest BCUT2D eigenvalue weighted by Crippen LogP contribution is 2.35. The minimum atomic E-state index is -1.02. The lowest BCUT2D eigenvalue weighted by Crippen LogP contribution is -2.40. The first-order valence-electron chi connectivity index (χ1n) is 6.87. The van der Waals surface area contributed by atoms with Gasteiger partial charge in [-0.1, -0.05) is 12.1 Å². The molecule has 6 nitrogen and oxygen atoms in total. The molecule has 0 fully saturated rings. The first kappa shape index (κ1) is 15.9. The Labute approximate surface area is 128 Å². The number of benzene rings is 1. The number of aliphatic carboxylic acids is 1. The van der Waals surface area contributed by atoms with Crippen LogP contribution < -0.4 is 14.8 Å². The van der Waals surface area contributed by atoms with Crippen LogP contribution in [0.1, 0.15) is 19.4 Å². The fourth-order valence-electron chi connectivity index (χ4n) is 1.96. The molecule has 0 aliphatic carbocycles. The highest BCUT2D eigenvalue weighted by atomic mass is 16.5. The number of hydrogen-bond acceptors (Lipinski definition) is 4. The van der Waals surface area contributed by atoms with Gasteiger partial charge in [0.1, 0.15) is 6.61 Å². The Morgan fingerprint density at radius 1 is 1.41 bits per heavy atom. The first-order valence-corrected chi connectivity index (χ1v) is 6.87. The van der Waals surface area contributed by atoms with Gasteiger partial charge in [0.15, 0.2) is 11.5 Å². The average Bonchev–Trinajstić information content (AvgIpc) is 2.51. The molecule has 22 heavy (non-hydrogen) atoms. The van der Waals surface area contributed by atoms with Crippen LogP contribution in [0.4, 0.5) is 0 Å². The number of carboxylic acid groups (broad SMARTS) is 1. The first-order chi connectivity index (χ1) is 10.3. The maximum Gasteiger partial charge on any atom is 0.310 e. The highest BCUT2D eigenvalue weighted by molar-refractivity contribution is 5.99. The number of ether oxygens (including phenoxy) is 2. The van der Waals surface area contributed by atoms with E-state index in [1.165, 1.54) is 0 Å². The van der Waals surface area contributed by atoms with Crippen molar-refractivity contribution in [3.05, 3.63) is 29.3 Å². The van der Waals surface area contributed by atoms with Crippen LogP contribution in [0.2, 0.25) is 0 Å². The Hall–Kier alpha value is -2.50. The standard InChI is InChI=1S/C16H19NO5/c1-16(2,15(19)20)9-17-14(18)11-7-10-5-4-6-12(21-3)13(10)22-8-11/h4-7H,8-9H2,1-3H3,(H,17,18)(H,19,20). The molecule has 0 saturated heterocycles. The Morgan fingerprint density at radius 2 is 2.14 bits per heavy atom. The van der Waals surface area contributed by atoms with E-state index in [0.29, 0.717) is 17.1 Å². The number of rotatable bonds is 5. The van der Waals surface area contributed by atoms with Crippen molar-refractivity contribution in [1.82, 2.24) is 5.32 Å². The molecule has 2 N–H and O–H groups in total. The zero-order valence-corrected chi connectivity index (χ0v) is 12.8. The van der Waals surface area contributed by atoms with Gasteiger partial charge in [-0.15, -0.1) is 0 Å². The zero-order chi connectivity index (χ0) is 16.3. The Morgan fingerprint density at radius 3 is 2.77 bits per heavy atom. The molecule has 1 aromatic rings. The number of carbonyl (C=O) groups excluding carboxylic acids is 1. The second kappa shape index (κ2) is 6.09. The molecule has 1 heterocycles. The monoisotopic (exact) mass is 305 g/mol. The van der Waals surface area contributed by atoms with Gasteiger partial charge >= 0.3 is 5.97 Å². The lowest BCUT2D eigenvalue weighted by atomic mass is 9.94. The lowest BCUT2D eigenvalue weighted by molar-refractivity contribution is -0.146. The molecule has 0 radical (unpaired) electrons. The molecule has 0 bridgehead atoms. The van der Waals surface area contributed by atoms with Gasteiger partial charge in [0.2, 0.25) is 0 Å². The minimum absolute atomic E-state index is 0.0451. The maximum absolute atomic E-state index is 12.1. The van der Waals surface area contributed by atoms with Crippen LogP contribution in [-0.2, 0) is 9.59 Å². The summed E-state index contributed by atoms with van der Waals surface area (Å²) in [6.07, 6.45) is 1.73. The van der Waals surface area contributed by atoms with E-state index in [4.69, 9.17) is 14.6 Å². The van der Waals surface area contributed by atoms with Crippen molar-refractivity contribution in [2.75, 3.05) is 20.3 Å². The van der Waals surface area contributed by atoms with Crippen LogP contribution in [0.25, 0.3) is 6.08 Å². The topological polar surface area (TPSA) is 84.9 Å². The second-order valence-electron chi connectivity index (χ2n) is 5.71. The van der Waals surface area contributed by atoms with Gasteiger partial charge in [-0.25, -0.2) is 0 Å². The van der Waals surface area contributed by atoms with Gasteiger partial charge in [0.25, 0.3) is 5.91 Å². The van der Waals surface area contributed by atoms with Crippen molar-refractivity contribution >= 4 is 18.0 Å². The van der Waals surface area contributed by atoms with E-state index in [1.807, 2.05) is 12.1 Å². The van der Waals surface area contributed by atoms with E-state index in [1.54, 1.807) is 33.1 Å². The number of nitrogens with one attached hydrogen (secondary N) is 1. The molecule has 1 aliphatic heterocycles. The van der Waals surface area contributed by atoms with Gasteiger partial charge in [-0.2, -0.15) is 0 Å². The minimum Gasteiger partial charge on any atom is -0.493 e. The molecule has 0 unspecified atom stereocenters. The zero-order valence-electron chi connectivity index (χ0n) is 12.8. The third-order valence-corrected chi connectivity index (χ3v) is 3.49. The number of methoxy groups -OCH3 is 1. The third kappa shape index (κ3) is 3.21. The van der Waals surface area contributed by atoms with Gasteiger partial charge in [-0.05, 0) is 26.0 Å². The maximum atomic E-state index is 12.1. The number of hydrogen-bond donors (Lipinski definition) is 2. The Bertz CT molecular complexity index is 633. The summed E-state index contributed by atoms with van der Waals surface area (Å²) in [4.78, 5) is 23.2. The number of carboxylic acids is 1. The van der Waals surface area contributed by atoms with E-state index in [-0.39, 0.29) is 19.1 Å². The Balaban J connectivity index is 2.12. The van der Waals surface area contributed by atoms with E-state index in [0.717, 1.165) is 5.56 Å². The molecule has 0 saturated carbocycles. The van der Waals surface area contributed by atoms with E-state index in [2.05, 4.69) is 5.32 Å². The summed E-state index contributed by atoms with van der Waals surface area (Å²) in [6, 6.07) is 5.42. The SMILES string of the molecule is COc1cccc2c1OCC(C(=O)NCC(C)(C)C(=O)O)=C2. The van der Waals surface area contributed by atoms with Crippen molar-refractivity contribution < 1.29 is 24.2 Å². The van der Waals surface area contributed by atoms with Crippen molar-refractivity contribution in [2.24, 2.45) is 5.41 Å². The van der Waals surface area contributed by atoms with Crippen molar-refractivity contribution in [2.45, 2.75) is 13.8 Å². The van der Waals surface area contributed by atoms with Crippen LogP contribution in [-0.4, -0.2) is 37.2 Å². The number of para-hydroxylation sites is 1. The number of carbonyl (C=O) groups is 2. The molecule has 0 aromatic heterocycles. The molecule has 2 rings (SSSR count). The number of fused-ring (bicyclic) bond motifs is 1. The second-order valence-corrected chi connectivity index (χ2v) is 5.71. The molecule has 118 valence electrons. The third-order valence-electron chi connectivity index (χ3n) is 3.49. The molecule has 1 amide bonds.